The third-order valence-corrected chi connectivity index (χ3v) is 9.32. The Morgan fingerprint density at radius 3 is 2.02 bits per heavy atom. The summed E-state index contributed by atoms with van der Waals surface area (Å²) in [5, 5.41) is 3.12. The van der Waals surface area contributed by atoms with E-state index in [1.807, 2.05) is 60.7 Å². The zero-order valence-corrected chi connectivity index (χ0v) is 27.9. The third kappa shape index (κ3) is 5.21. The molecule has 0 N–H and O–H groups in total. The van der Waals surface area contributed by atoms with Gasteiger partial charge in [0.15, 0.2) is 23.1 Å². The highest BCUT2D eigenvalue weighted by molar-refractivity contribution is 6.17. The van der Waals surface area contributed by atoms with Crippen LogP contribution in [0.3, 0.4) is 0 Å². The van der Waals surface area contributed by atoms with Crippen molar-refractivity contribution in [2.24, 2.45) is 0 Å². The minimum atomic E-state index is 0.491. The van der Waals surface area contributed by atoms with Crippen molar-refractivity contribution in [1.82, 2.24) is 24.5 Å². The van der Waals surface area contributed by atoms with Crippen LogP contribution in [0, 0.1) is 6.92 Å². The quantitative estimate of drug-likeness (QED) is 0.160. The molecule has 51 heavy (non-hydrogen) atoms. The largest absolute Gasteiger partial charge is 0.453 e. The van der Waals surface area contributed by atoms with Crippen molar-refractivity contribution >= 4 is 38.9 Å². The SMILES string of the molecule is C=C/C=C\c1c(C)c2ccc3c4cccc(-c5nc(-c6ccc(-c7ccccc7)cc6)nc(-c6ccccn6)n5)c4oc3c2n1-c1ccccc1. The van der Waals surface area contributed by atoms with Crippen molar-refractivity contribution in [3.05, 3.63) is 170 Å². The Hall–Kier alpha value is -6.92. The summed E-state index contributed by atoms with van der Waals surface area (Å²) in [5.41, 5.74) is 10.4. The van der Waals surface area contributed by atoms with Crippen LogP contribution in [-0.2, 0) is 0 Å². The van der Waals surface area contributed by atoms with E-state index >= 15 is 0 Å². The first-order chi connectivity index (χ1) is 25.2. The molecule has 0 bridgehead atoms. The monoisotopic (exact) mass is 657 g/mol. The molecule has 0 radical (unpaired) electrons. The van der Waals surface area contributed by atoms with Crippen molar-refractivity contribution in [3.63, 3.8) is 0 Å². The molecular weight excluding hydrogens is 627 g/mol. The molecule has 4 aromatic heterocycles. The molecule has 5 aromatic carbocycles. The van der Waals surface area contributed by atoms with Crippen LogP contribution in [0.25, 0.3) is 90.0 Å². The fourth-order valence-electron chi connectivity index (χ4n) is 6.86. The summed E-state index contributed by atoms with van der Waals surface area (Å²) in [5.74, 6) is 1.56. The van der Waals surface area contributed by atoms with Gasteiger partial charge >= 0.3 is 0 Å². The molecule has 0 fully saturated rings. The van der Waals surface area contributed by atoms with Crippen molar-refractivity contribution in [1.29, 1.82) is 0 Å². The number of aromatic nitrogens is 5. The standard InChI is InChI=1S/C45H31N5O/c1-3-4-21-39-29(2)34-26-27-36-35-18-13-19-37(41(35)51-42(36)40(34)50(39)33-16-9-6-10-17-33)44-47-43(48-45(49-44)38-20-11-12-28-46-38)32-24-22-31(23-25-32)30-14-7-5-8-15-30/h3-28H,1H2,2H3/b21-4-. The lowest BCUT2D eigenvalue weighted by molar-refractivity contribution is 0.671. The number of pyridine rings is 1. The number of rotatable bonds is 7. The van der Waals surface area contributed by atoms with Gasteiger partial charge in [-0.25, -0.2) is 15.0 Å². The molecule has 0 unspecified atom stereocenters. The van der Waals surface area contributed by atoms with Crippen LogP contribution in [0.2, 0.25) is 0 Å². The summed E-state index contributed by atoms with van der Waals surface area (Å²) >= 11 is 0. The summed E-state index contributed by atoms with van der Waals surface area (Å²) < 4.78 is 9.23. The van der Waals surface area contributed by atoms with E-state index in [9.17, 15) is 0 Å². The first-order valence-electron chi connectivity index (χ1n) is 16.9. The van der Waals surface area contributed by atoms with Gasteiger partial charge in [-0.1, -0.05) is 116 Å². The Bertz CT molecular complexity index is 2750. The highest BCUT2D eigenvalue weighted by Gasteiger charge is 2.23. The number of para-hydroxylation sites is 2. The molecule has 0 atom stereocenters. The highest BCUT2D eigenvalue weighted by atomic mass is 16.3. The summed E-state index contributed by atoms with van der Waals surface area (Å²) in [6, 6.07) is 45.3. The predicted molar refractivity (Wildman–Crippen MR) is 207 cm³/mol. The maximum atomic E-state index is 6.96. The van der Waals surface area contributed by atoms with Gasteiger partial charge in [0.1, 0.15) is 11.3 Å². The number of hydrogen-bond acceptors (Lipinski definition) is 5. The number of hydrogen-bond donors (Lipinski definition) is 0. The summed E-state index contributed by atoms with van der Waals surface area (Å²) in [6.45, 7) is 6.07. The second kappa shape index (κ2) is 12.5. The molecular formula is C45H31N5O. The summed E-state index contributed by atoms with van der Waals surface area (Å²) in [6.07, 6.45) is 7.63. The molecule has 4 heterocycles. The van der Waals surface area contributed by atoms with Gasteiger partial charge in [-0.05, 0) is 66.1 Å². The van der Waals surface area contributed by atoms with Gasteiger partial charge in [-0.15, -0.1) is 0 Å². The van der Waals surface area contributed by atoms with Crippen LogP contribution in [0.4, 0.5) is 0 Å². The second-order valence-corrected chi connectivity index (χ2v) is 12.4. The molecule has 9 aromatic rings. The lowest BCUT2D eigenvalue weighted by atomic mass is 10.0. The number of benzene rings is 5. The normalized spacial score (nSPS) is 11.6. The number of allylic oxidation sites excluding steroid dienone is 2. The number of nitrogens with zero attached hydrogens (tertiary/aromatic N) is 5. The first-order valence-corrected chi connectivity index (χ1v) is 16.9. The number of fused-ring (bicyclic) bond motifs is 5. The Balaban J connectivity index is 1.27. The van der Waals surface area contributed by atoms with Gasteiger partial charge in [0.2, 0.25) is 0 Å². The van der Waals surface area contributed by atoms with Crippen molar-refractivity contribution in [3.8, 4) is 51.1 Å². The van der Waals surface area contributed by atoms with Gasteiger partial charge in [-0.2, -0.15) is 0 Å². The molecule has 0 saturated carbocycles. The summed E-state index contributed by atoms with van der Waals surface area (Å²) in [4.78, 5) is 19.6. The van der Waals surface area contributed by atoms with Crippen LogP contribution in [-0.4, -0.2) is 24.5 Å². The van der Waals surface area contributed by atoms with Crippen LogP contribution in [0.5, 0.6) is 0 Å². The zero-order chi connectivity index (χ0) is 34.3. The molecule has 6 heteroatoms. The Labute approximate surface area is 294 Å². The van der Waals surface area contributed by atoms with E-state index in [2.05, 4.69) is 108 Å². The van der Waals surface area contributed by atoms with E-state index in [0.29, 0.717) is 28.8 Å². The topological polar surface area (TPSA) is 69.6 Å². The molecule has 9 rings (SSSR count). The average Bonchev–Trinajstić information content (AvgIpc) is 3.72. The number of furan rings is 1. The highest BCUT2D eigenvalue weighted by Crippen LogP contribution is 2.42. The maximum Gasteiger partial charge on any atom is 0.182 e. The molecule has 242 valence electrons. The lowest BCUT2D eigenvalue weighted by Gasteiger charge is -2.09. The fourth-order valence-corrected chi connectivity index (χ4v) is 6.86. The van der Waals surface area contributed by atoms with Crippen LogP contribution < -0.4 is 0 Å². The summed E-state index contributed by atoms with van der Waals surface area (Å²) in [7, 11) is 0. The van der Waals surface area contributed by atoms with Crippen molar-refractivity contribution < 1.29 is 4.42 Å². The minimum Gasteiger partial charge on any atom is -0.453 e. The lowest BCUT2D eigenvalue weighted by Crippen LogP contribution is -2.01. The van der Waals surface area contributed by atoms with Gasteiger partial charge in [-0.3, -0.25) is 4.98 Å². The fraction of sp³-hybridized carbons (Fsp3) is 0.0222. The van der Waals surface area contributed by atoms with Crippen LogP contribution in [0.1, 0.15) is 11.3 Å². The van der Waals surface area contributed by atoms with Crippen LogP contribution >= 0.6 is 0 Å². The van der Waals surface area contributed by atoms with Gasteiger partial charge in [0.05, 0.1) is 11.1 Å². The molecule has 0 aliphatic heterocycles. The first kappa shape index (κ1) is 30.2. The molecule has 0 aliphatic carbocycles. The van der Waals surface area contributed by atoms with E-state index in [0.717, 1.165) is 66.5 Å². The smallest absolute Gasteiger partial charge is 0.182 e. The Kier molecular flexibility index (Phi) is 7.40. The maximum absolute atomic E-state index is 6.96. The molecule has 6 nitrogen and oxygen atoms in total. The van der Waals surface area contributed by atoms with E-state index in [1.165, 1.54) is 0 Å². The minimum absolute atomic E-state index is 0.491. The molecule has 0 aliphatic rings. The van der Waals surface area contributed by atoms with Gasteiger partial charge in [0.25, 0.3) is 0 Å². The predicted octanol–water partition coefficient (Wildman–Crippen LogP) is 11.3. The molecule has 0 spiro atoms. The second-order valence-electron chi connectivity index (χ2n) is 12.4. The Morgan fingerprint density at radius 2 is 1.25 bits per heavy atom. The van der Waals surface area contributed by atoms with Gasteiger partial charge < -0.3 is 8.98 Å². The molecule has 0 amide bonds. The zero-order valence-electron chi connectivity index (χ0n) is 27.9. The van der Waals surface area contributed by atoms with E-state index in [-0.39, 0.29) is 0 Å². The average molecular weight is 658 g/mol. The van der Waals surface area contributed by atoms with Crippen molar-refractivity contribution in [2.45, 2.75) is 6.92 Å². The van der Waals surface area contributed by atoms with E-state index in [4.69, 9.17) is 19.4 Å². The van der Waals surface area contributed by atoms with Gasteiger partial charge in [0, 0.05) is 39.3 Å². The number of aryl methyl sites for hydroxylation is 1. The molecule has 0 saturated heterocycles. The Morgan fingerprint density at radius 1 is 0.588 bits per heavy atom. The van der Waals surface area contributed by atoms with Crippen molar-refractivity contribution in [2.75, 3.05) is 0 Å². The van der Waals surface area contributed by atoms with Crippen LogP contribution in [0.15, 0.2) is 163 Å². The third-order valence-electron chi connectivity index (χ3n) is 9.32. The van der Waals surface area contributed by atoms with E-state index < -0.39 is 0 Å². The van der Waals surface area contributed by atoms with E-state index in [1.54, 1.807) is 12.3 Å².